The van der Waals surface area contributed by atoms with Crippen molar-refractivity contribution in [1.29, 1.82) is 0 Å². The summed E-state index contributed by atoms with van der Waals surface area (Å²) in [6, 6.07) is 1.11. The largest absolute Gasteiger partial charge is 0.390 e. The van der Waals surface area contributed by atoms with Gasteiger partial charge >= 0.3 is 5.69 Å². The van der Waals surface area contributed by atoms with Gasteiger partial charge in [0.25, 0.3) is 5.56 Å². The topological polar surface area (TPSA) is 125 Å². The van der Waals surface area contributed by atoms with Gasteiger partial charge in [-0.15, -0.1) is 0 Å². The maximum atomic E-state index is 11.7. The normalized spacial score (nSPS) is 44.7. The predicted octanol–water partition coefficient (Wildman–Crippen LogP) is -2.32. The number of hydrogen-bond acceptors (Lipinski definition) is 6. The third-order valence-corrected chi connectivity index (χ3v) is 3.87. The van der Waals surface area contributed by atoms with Crippen molar-refractivity contribution in [3.8, 4) is 0 Å². The van der Waals surface area contributed by atoms with Gasteiger partial charge in [-0.2, -0.15) is 0 Å². The van der Waals surface area contributed by atoms with E-state index < -0.39 is 40.9 Å². The second kappa shape index (κ2) is 3.54. The molecule has 1 aliphatic heterocycles. The number of aliphatic hydroxyl groups is 3. The van der Waals surface area contributed by atoms with Gasteiger partial charge in [-0.3, -0.25) is 14.3 Å². The predicted molar refractivity (Wildman–Crippen MR) is 61.4 cm³/mol. The van der Waals surface area contributed by atoms with Crippen LogP contribution in [0, 0.1) is 0 Å². The van der Waals surface area contributed by atoms with E-state index in [2.05, 4.69) is 0 Å². The van der Waals surface area contributed by atoms with Crippen molar-refractivity contribution in [2.45, 2.75) is 43.0 Å². The van der Waals surface area contributed by atoms with E-state index in [-0.39, 0.29) is 6.42 Å². The number of ether oxygens (including phenoxy) is 1. The first-order valence-electron chi connectivity index (χ1n) is 5.87. The molecule has 1 spiro atoms. The summed E-state index contributed by atoms with van der Waals surface area (Å²) in [6.07, 6.45) is -2.00. The first-order chi connectivity index (χ1) is 8.79. The standard InChI is InChI=1S/C11H14N2O6/c1-10(18)7(16)11(4-5(11)14)19-8(10)13-3-2-6(15)12-9(13)17/h2-3,5,7-8,14,16,18H,4H2,1H3,(H,12,15,17)/t5?,7-,8+,10+,11?/m0/s1. The van der Waals surface area contributed by atoms with Gasteiger partial charge in [-0.05, 0) is 6.92 Å². The molecule has 0 radical (unpaired) electrons. The second-order valence-electron chi connectivity index (χ2n) is 5.29. The van der Waals surface area contributed by atoms with Crippen LogP contribution in [0.4, 0.5) is 0 Å². The molecule has 0 aromatic carbocycles. The lowest BCUT2D eigenvalue weighted by atomic mass is 9.95. The lowest BCUT2D eigenvalue weighted by Gasteiger charge is -2.27. The van der Waals surface area contributed by atoms with Gasteiger partial charge in [-0.1, -0.05) is 0 Å². The highest BCUT2D eigenvalue weighted by Crippen LogP contribution is 2.56. The van der Waals surface area contributed by atoms with Gasteiger partial charge in [0, 0.05) is 18.7 Å². The Bertz CT molecular complexity index is 635. The highest BCUT2D eigenvalue weighted by molar-refractivity contribution is 5.21. The van der Waals surface area contributed by atoms with Crippen LogP contribution in [0.2, 0.25) is 0 Å². The Balaban J connectivity index is 2.06. The zero-order valence-corrected chi connectivity index (χ0v) is 10.1. The average molecular weight is 270 g/mol. The van der Waals surface area contributed by atoms with E-state index in [1.807, 2.05) is 4.98 Å². The molecule has 0 amide bonds. The first-order valence-corrected chi connectivity index (χ1v) is 5.87. The molecule has 3 rings (SSSR count). The molecule has 104 valence electrons. The third kappa shape index (κ3) is 1.54. The number of rotatable bonds is 1. The van der Waals surface area contributed by atoms with E-state index in [0.717, 1.165) is 10.6 Å². The lowest BCUT2D eigenvalue weighted by Crippen LogP contribution is -2.47. The van der Waals surface area contributed by atoms with Crippen LogP contribution in [0.25, 0.3) is 0 Å². The lowest BCUT2D eigenvalue weighted by molar-refractivity contribution is -0.101. The van der Waals surface area contributed by atoms with Crippen LogP contribution in [-0.2, 0) is 4.74 Å². The van der Waals surface area contributed by atoms with Gasteiger partial charge in [-0.25, -0.2) is 4.79 Å². The fourth-order valence-electron chi connectivity index (χ4n) is 2.64. The summed E-state index contributed by atoms with van der Waals surface area (Å²) in [7, 11) is 0. The van der Waals surface area contributed by atoms with Crippen LogP contribution in [0.3, 0.4) is 0 Å². The van der Waals surface area contributed by atoms with E-state index in [1.54, 1.807) is 0 Å². The van der Waals surface area contributed by atoms with Crippen LogP contribution in [0.5, 0.6) is 0 Å². The zero-order valence-electron chi connectivity index (χ0n) is 10.1. The minimum Gasteiger partial charge on any atom is -0.390 e. The van der Waals surface area contributed by atoms with Crippen LogP contribution in [0.15, 0.2) is 21.9 Å². The molecular weight excluding hydrogens is 256 g/mol. The Labute approximate surface area is 106 Å². The Morgan fingerprint density at radius 2 is 2.11 bits per heavy atom. The molecule has 1 aromatic rings. The minimum absolute atomic E-state index is 0.193. The molecule has 2 unspecified atom stereocenters. The molecular formula is C11H14N2O6. The summed E-state index contributed by atoms with van der Waals surface area (Å²) in [4.78, 5) is 24.8. The van der Waals surface area contributed by atoms with Crippen molar-refractivity contribution in [1.82, 2.24) is 9.55 Å². The highest BCUT2D eigenvalue weighted by atomic mass is 16.6. The van der Waals surface area contributed by atoms with Gasteiger partial charge in [0.15, 0.2) is 6.23 Å². The Morgan fingerprint density at radius 3 is 2.58 bits per heavy atom. The molecule has 5 atom stereocenters. The number of aromatic amines is 1. The molecule has 19 heavy (non-hydrogen) atoms. The van der Waals surface area contributed by atoms with Crippen LogP contribution >= 0.6 is 0 Å². The molecule has 1 aliphatic carbocycles. The number of nitrogens with zero attached hydrogens (tertiary/aromatic N) is 1. The molecule has 8 nitrogen and oxygen atoms in total. The maximum absolute atomic E-state index is 11.7. The molecule has 1 saturated heterocycles. The van der Waals surface area contributed by atoms with Crippen LogP contribution in [-0.4, -0.2) is 48.3 Å². The molecule has 2 aliphatic rings. The molecule has 8 heteroatoms. The van der Waals surface area contributed by atoms with Crippen molar-refractivity contribution in [2.24, 2.45) is 0 Å². The fourth-order valence-corrected chi connectivity index (χ4v) is 2.64. The molecule has 2 heterocycles. The van der Waals surface area contributed by atoms with E-state index in [4.69, 9.17) is 4.74 Å². The quantitative estimate of drug-likeness (QED) is 0.454. The second-order valence-corrected chi connectivity index (χ2v) is 5.29. The number of hydrogen-bond donors (Lipinski definition) is 4. The van der Waals surface area contributed by atoms with Crippen molar-refractivity contribution in [3.63, 3.8) is 0 Å². The maximum Gasteiger partial charge on any atom is 0.330 e. The molecule has 0 bridgehead atoms. The van der Waals surface area contributed by atoms with Crippen molar-refractivity contribution < 1.29 is 20.1 Å². The summed E-state index contributed by atoms with van der Waals surface area (Å²) in [6.45, 7) is 1.32. The zero-order chi connectivity index (χ0) is 14.0. The van der Waals surface area contributed by atoms with E-state index in [9.17, 15) is 24.9 Å². The van der Waals surface area contributed by atoms with Gasteiger partial charge in [0.05, 0.1) is 6.10 Å². The number of aliphatic hydroxyl groups excluding tert-OH is 2. The Hall–Kier alpha value is -1.48. The SMILES string of the molecule is C[C@@]1(O)[C@H](O)C2(CC2O)O[C@H]1n1ccc(=O)[nH]c1=O. The molecule has 4 N–H and O–H groups in total. The minimum atomic E-state index is -1.75. The van der Waals surface area contributed by atoms with E-state index >= 15 is 0 Å². The molecule has 2 fully saturated rings. The summed E-state index contributed by atoms with van der Waals surface area (Å²) in [5.41, 5.74) is -4.30. The van der Waals surface area contributed by atoms with Crippen molar-refractivity contribution >= 4 is 0 Å². The van der Waals surface area contributed by atoms with E-state index in [0.29, 0.717) is 0 Å². The van der Waals surface area contributed by atoms with E-state index in [1.165, 1.54) is 13.1 Å². The first kappa shape index (κ1) is 12.5. The Morgan fingerprint density at radius 1 is 1.47 bits per heavy atom. The molecule has 1 saturated carbocycles. The summed E-state index contributed by atoms with van der Waals surface area (Å²) in [5, 5.41) is 30.0. The van der Waals surface area contributed by atoms with Gasteiger partial charge in [0.1, 0.15) is 17.3 Å². The monoisotopic (exact) mass is 270 g/mol. The van der Waals surface area contributed by atoms with Crippen molar-refractivity contribution in [2.75, 3.05) is 0 Å². The highest BCUT2D eigenvalue weighted by Gasteiger charge is 2.72. The number of H-pyrrole nitrogens is 1. The van der Waals surface area contributed by atoms with Crippen LogP contribution < -0.4 is 11.2 Å². The summed E-state index contributed by atoms with van der Waals surface area (Å²) in [5.74, 6) is 0. The smallest absolute Gasteiger partial charge is 0.330 e. The third-order valence-electron chi connectivity index (χ3n) is 3.87. The molecule has 1 aromatic heterocycles. The van der Waals surface area contributed by atoms with Crippen molar-refractivity contribution in [3.05, 3.63) is 33.1 Å². The number of aromatic nitrogens is 2. The average Bonchev–Trinajstić information content (AvgIpc) is 2.92. The van der Waals surface area contributed by atoms with Gasteiger partial charge in [0.2, 0.25) is 0 Å². The summed E-state index contributed by atoms with van der Waals surface area (Å²) < 4.78 is 6.49. The summed E-state index contributed by atoms with van der Waals surface area (Å²) >= 11 is 0. The van der Waals surface area contributed by atoms with Crippen LogP contribution in [0.1, 0.15) is 19.6 Å². The fraction of sp³-hybridized carbons (Fsp3) is 0.636. The van der Waals surface area contributed by atoms with Gasteiger partial charge < -0.3 is 20.1 Å². The number of nitrogens with one attached hydrogen (secondary N) is 1. The Kier molecular flexibility index (Phi) is 2.34.